The van der Waals surface area contributed by atoms with E-state index in [1.54, 1.807) is 0 Å². The number of halogens is 1. The third-order valence-corrected chi connectivity index (χ3v) is 5.56. The average Bonchev–Trinajstić information content (AvgIpc) is 3.30. The number of hydrogen-bond donors (Lipinski definition) is 1. The van der Waals surface area contributed by atoms with E-state index in [2.05, 4.69) is 63.4 Å². The molecule has 24 heavy (non-hydrogen) atoms. The third kappa shape index (κ3) is 2.02. The van der Waals surface area contributed by atoms with Crippen LogP contribution in [0.2, 0.25) is 0 Å². The first kappa shape index (κ1) is 14.2. The SMILES string of the molecule is Cc1ccc2[nH]ncc2c1-c1c(C2CC2)c(Br)nc2ccccc12. The predicted molar refractivity (Wildman–Crippen MR) is 101 cm³/mol. The summed E-state index contributed by atoms with van der Waals surface area (Å²) in [6, 6.07) is 12.7. The van der Waals surface area contributed by atoms with Gasteiger partial charge < -0.3 is 0 Å². The van der Waals surface area contributed by atoms with Gasteiger partial charge in [-0.2, -0.15) is 5.10 Å². The zero-order chi connectivity index (χ0) is 16.3. The van der Waals surface area contributed by atoms with Crippen molar-refractivity contribution in [1.29, 1.82) is 0 Å². The molecule has 1 saturated carbocycles. The summed E-state index contributed by atoms with van der Waals surface area (Å²) < 4.78 is 0.985. The summed E-state index contributed by atoms with van der Waals surface area (Å²) in [5.74, 6) is 0.605. The van der Waals surface area contributed by atoms with Crippen LogP contribution < -0.4 is 0 Å². The van der Waals surface area contributed by atoms with Gasteiger partial charge in [-0.3, -0.25) is 5.10 Å². The van der Waals surface area contributed by atoms with Crippen molar-refractivity contribution in [3.8, 4) is 11.1 Å². The fraction of sp³-hybridized carbons (Fsp3) is 0.200. The Morgan fingerprint density at radius 3 is 2.71 bits per heavy atom. The highest BCUT2D eigenvalue weighted by Crippen LogP contribution is 2.50. The van der Waals surface area contributed by atoms with Crippen molar-refractivity contribution < 1.29 is 0 Å². The van der Waals surface area contributed by atoms with E-state index in [0.717, 1.165) is 15.6 Å². The second kappa shape index (κ2) is 5.15. The number of nitrogens with one attached hydrogen (secondary N) is 1. The molecule has 118 valence electrons. The number of aromatic amines is 1. The standard InChI is InChI=1S/C20H16BrN3/c1-11-6-9-16-14(10-22-24-16)17(11)19-13-4-2-3-5-15(13)23-20(21)18(19)12-7-8-12/h2-6,9-10,12H,7-8H2,1H3,(H,22,24). The summed E-state index contributed by atoms with van der Waals surface area (Å²) in [5.41, 5.74) is 7.33. The fourth-order valence-electron chi connectivity index (χ4n) is 3.67. The van der Waals surface area contributed by atoms with Crippen molar-refractivity contribution in [2.24, 2.45) is 0 Å². The minimum Gasteiger partial charge on any atom is -0.278 e. The molecule has 0 amide bonds. The van der Waals surface area contributed by atoms with E-state index in [1.807, 2.05) is 12.3 Å². The first-order valence-corrected chi connectivity index (χ1v) is 9.04. The lowest BCUT2D eigenvalue weighted by Crippen LogP contribution is -1.97. The Bertz CT molecular complexity index is 1090. The van der Waals surface area contributed by atoms with E-state index >= 15 is 0 Å². The van der Waals surface area contributed by atoms with Crippen LogP contribution in [0.3, 0.4) is 0 Å². The summed E-state index contributed by atoms with van der Waals surface area (Å²) in [4.78, 5) is 4.81. The number of rotatable bonds is 2. The maximum Gasteiger partial charge on any atom is 0.110 e. The van der Waals surface area contributed by atoms with E-state index in [9.17, 15) is 0 Å². The van der Waals surface area contributed by atoms with Gasteiger partial charge in [0.15, 0.2) is 0 Å². The molecule has 1 N–H and O–H groups in total. The summed E-state index contributed by atoms with van der Waals surface area (Å²) >= 11 is 3.75. The van der Waals surface area contributed by atoms with Crippen molar-refractivity contribution in [2.75, 3.05) is 0 Å². The molecule has 1 aliphatic rings. The van der Waals surface area contributed by atoms with Crippen LogP contribution in [-0.4, -0.2) is 15.2 Å². The molecule has 2 heterocycles. The van der Waals surface area contributed by atoms with Gasteiger partial charge in [0.2, 0.25) is 0 Å². The second-order valence-electron chi connectivity index (χ2n) is 6.57. The molecule has 4 heteroatoms. The van der Waals surface area contributed by atoms with Gasteiger partial charge in [-0.15, -0.1) is 0 Å². The minimum absolute atomic E-state index is 0.605. The van der Waals surface area contributed by atoms with Crippen LogP contribution >= 0.6 is 15.9 Å². The molecule has 0 bridgehead atoms. The Labute approximate surface area is 148 Å². The van der Waals surface area contributed by atoms with E-state index < -0.39 is 0 Å². The van der Waals surface area contributed by atoms with Crippen LogP contribution in [0.4, 0.5) is 0 Å². The topological polar surface area (TPSA) is 41.6 Å². The highest BCUT2D eigenvalue weighted by atomic mass is 79.9. The number of nitrogens with zero attached hydrogens (tertiary/aromatic N) is 2. The first-order chi connectivity index (χ1) is 11.7. The zero-order valence-corrected chi connectivity index (χ0v) is 14.9. The van der Waals surface area contributed by atoms with Crippen LogP contribution in [0.1, 0.15) is 29.9 Å². The first-order valence-electron chi connectivity index (χ1n) is 8.25. The predicted octanol–water partition coefficient (Wildman–Crippen LogP) is 5.73. The molecule has 2 aromatic carbocycles. The van der Waals surface area contributed by atoms with Gasteiger partial charge in [-0.1, -0.05) is 24.3 Å². The van der Waals surface area contributed by atoms with Gasteiger partial charge in [-0.25, -0.2) is 4.98 Å². The van der Waals surface area contributed by atoms with Crippen molar-refractivity contribution in [1.82, 2.24) is 15.2 Å². The van der Waals surface area contributed by atoms with E-state index in [-0.39, 0.29) is 0 Å². The molecular weight excluding hydrogens is 362 g/mol. The number of aromatic nitrogens is 3. The van der Waals surface area contributed by atoms with Crippen LogP contribution in [0.5, 0.6) is 0 Å². The molecule has 0 aliphatic heterocycles. The minimum atomic E-state index is 0.605. The number of para-hydroxylation sites is 1. The van der Waals surface area contributed by atoms with Crippen molar-refractivity contribution in [3.05, 3.63) is 58.3 Å². The van der Waals surface area contributed by atoms with Crippen molar-refractivity contribution in [2.45, 2.75) is 25.7 Å². The highest BCUT2D eigenvalue weighted by molar-refractivity contribution is 9.10. The smallest absolute Gasteiger partial charge is 0.110 e. The molecule has 0 atom stereocenters. The Balaban J connectivity index is 1.99. The lowest BCUT2D eigenvalue weighted by atomic mass is 9.89. The molecule has 5 rings (SSSR count). The van der Waals surface area contributed by atoms with Crippen LogP contribution in [0, 0.1) is 6.92 Å². The molecule has 0 spiro atoms. The number of H-pyrrole nitrogens is 1. The molecule has 4 aromatic rings. The highest BCUT2D eigenvalue weighted by Gasteiger charge is 2.31. The average molecular weight is 378 g/mol. The van der Waals surface area contributed by atoms with Crippen molar-refractivity contribution >= 4 is 37.7 Å². The van der Waals surface area contributed by atoms with Crippen LogP contribution in [0.25, 0.3) is 32.9 Å². The number of fused-ring (bicyclic) bond motifs is 2. The molecule has 1 aliphatic carbocycles. The molecule has 0 saturated heterocycles. The summed E-state index contributed by atoms with van der Waals surface area (Å²) in [6.45, 7) is 2.18. The monoisotopic (exact) mass is 377 g/mol. The molecule has 1 fully saturated rings. The number of aryl methyl sites for hydroxylation is 1. The van der Waals surface area contributed by atoms with Gasteiger partial charge in [0.1, 0.15) is 4.60 Å². The lowest BCUT2D eigenvalue weighted by Gasteiger charge is -2.17. The van der Waals surface area contributed by atoms with E-state index in [4.69, 9.17) is 4.98 Å². The third-order valence-electron chi connectivity index (χ3n) is 4.95. The maximum atomic E-state index is 4.81. The van der Waals surface area contributed by atoms with E-state index in [1.165, 1.54) is 45.9 Å². The molecule has 3 nitrogen and oxygen atoms in total. The maximum absolute atomic E-state index is 4.81. The number of pyridine rings is 1. The summed E-state index contributed by atoms with van der Waals surface area (Å²) in [7, 11) is 0. The van der Waals surface area contributed by atoms with Gasteiger partial charge >= 0.3 is 0 Å². The van der Waals surface area contributed by atoms with E-state index in [0.29, 0.717) is 5.92 Å². The molecule has 2 aromatic heterocycles. The lowest BCUT2D eigenvalue weighted by molar-refractivity contribution is 1.09. The Kier molecular flexibility index (Phi) is 3.04. The summed E-state index contributed by atoms with van der Waals surface area (Å²) in [6.07, 6.45) is 4.43. The second-order valence-corrected chi connectivity index (χ2v) is 7.32. The fourth-order valence-corrected chi connectivity index (χ4v) is 4.38. The normalized spacial score (nSPS) is 14.6. The molecule has 0 unspecified atom stereocenters. The largest absolute Gasteiger partial charge is 0.278 e. The van der Waals surface area contributed by atoms with Crippen LogP contribution in [-0.2, 0) is 0 Å². The Morgan fingerprint density at radius 1 is 1.04 bits per heavy atom. The zero-order valence-electron chi connectivity index (χ0n) is 13.3. The van der Waals surface area contributed by atoms with Gasteiger partial charge in [0.25, 0.3) is 0 Å². The molecular formula is C20H16BrN3. The van der Waals surface area contributed by atoms with Gasteiger partial charge in [-0.05, 0) is 76.0 Å². The number of hydrogen-bond acceptors (Lipinski definition) is 2. The quantitative estimate of drug-likeness (QED) is 0.453. The Hall–Kier alpha value is -2.20. The van der Waals surface area contributed by atoms with Gasteiger partial charge in [0.05, 0.1) is 17.2 Å². The summed E-state index contributed by atoms with van der Waals surface area (Å²) in [5, 5.41) is 9.78. The number of benzene rings is 2. The molecule has 0 radical (unpaired) electrons. The van der Waals surface area contributed by atoms with Crippen LogP contribution in [0.15, 0.2) is 47.2 Å². The van der Waals surface area contributed by atoms with Crippen molar-refractivity contribution in [3.63, 3.8) is 0 Å². The van der Waals surface area contributed by atoms with Gasteiger partial charge in [0, 0.05) is 10.8 Å². The Morgan fingerprint density at radius 2 is 1.88 bits per heavy atom.